The molecule has 0 saturated carbocycles. The van der Waals surface area contributed by atoms with Crippen LogP contribution in [0.25, 0.3) is 0 Å². The van der Waals surface area contributed by atoms with Gasteiger partial charge in [0.25, 0.3) is 0 Å². The molecule has 1 rings (SSSR count). The van der Waals surface area contributed by atoms with Gasteiger partial charge >= 0.3 is 18.0 Å². The van der Waals surface area contributed by atoms with Gasteiger partial charge < -0.3 is 30.7 Å². The topological polar surface area (TPSA) is 148 Å². The molecule has 28 heavy (non-hydrogen) atoms. The minimum Gasteiger partial charge on any atom is -0.480 e. The van der Waals surface area contributed by atoms with Crippen molar-refractivity contribution in [2.24, 2.45) is 5.73 Å². The van der Waals surface area contributed by atoms with Crippen LogP contribution in [0.15, 0.2) is 30.3 Å². The number of esters is 1. The molecule has 1 aromatic carbocycles. The van der Waals surface area contributed by atoms with Gasteiger partial charge in [-0.15, -0.1) is 0 Å². The molecular formula is C19H30N2O7. The zero-order valence-corrected chi connectivity index (χ0v) is 16.7. The van der Waals surface area contributed by atoms with Crippen LogP contribution in [-0.2, 0) is 25.5 Å². The summed E-state index contributed by atoms with van der Waals surface area (Å²) in [5.74, 6) is -1.65. The molecule has 9 heteroatoms. The third-order valence-corrected chi connectivity index (χ3v) is 3.26. The fraction of sp³-hybridized carbons (Fsp3) is 0.526. The minimum absolute atomic E-state index is 0.454. The second-order valence-electron chi connectivity index (χ2n) is 6.87. The molecule has 2 atom stereocenters. The van der Waals surface area contributed by atoms with Crippen molar-refractivity contribution in [2.75, 3.05) is 13.7 Å². The van der Waals surface area contributed by atoms with Gasteiger partial charge in [0.1, 0.15) is 17.7 Å². The summed E-state index contributed by atoms with van der Waals surface area (Å²) in [4.78, 5) is 33.1. The monoisotopic (exact) mass is 398 g/mol. The molecule has 0 spiro atoms. The summed E-state index contributed by atoms with van der Waals surface area (Å²) in [6.45, 7) is 4.80. The van der Waals surface area contributed by atoms with Crippen LogP contribution in [-0.4, -0.2) is 59.6 Å². The van der Waals surface area contributed by atoms with Gasteiger partial charge in [-0.2, -0.15) is 0 Å². The van der Waals surface area contributed by atoms with Gasteiger partial charge in [0.2, 0.25) is 0 Å². The van der Waals surface area contributed by atoms with Gasteiger partial charge in [-0.05, 0) is 39.2 Å². The number of carboxylic acid groups (broad SMARTS) is 1. The third kappa shape index (κ3) is 11.9. The highest BCUT2D eigenvalue weighted by atomic mass is 16.6. The van der Waals surface area contributed by atoms with E-state index in [1.165, 1.54) is 7.11 Å². The molecule has 0 radical (unpaired) electrons. The summed E-state index contributed by atoms with van der Waals surface area (Å²) in [7, 11) is 1.30. The summed E-state index contributed by atoms with van der Waals surface area (Å²) in [6, 6.07) is 7.90. The number of hydrogen-bond acceptors (Lipinski definition) is 7. The number of methoxy groups -OCH3 is 1. The van der Waals surface area contributed by atoms with Crippen LogP contribution >= 0.6 is 0 Å². The zero-order chi connectivity index (χ0) is 21.7. The lowest BCUT2D eigenvalue weighted by Crippen LogP contribution is -2.44. The standard InChI is InChI=1S/C16H23NO4.C3H7NO3/c1-16(2,3)21-15(19)17-13(14(18)20-4)11-10-12-8-6-5-7-9-12;4-2(1-5)3(6)7/h5-9,13H,10-11H2,1-4H3,(H,17,19);2,5H,1,4H2,(H,6,7)/t13-;2-/m10/s1. The first-order valence-electron chi connectivity index (χ1n) is 8.70. The maximum Gasteiger partial charge on any atom is 0.408 e. The van der Waals surface area contributed by atoms with E-state index in [-0.39, 0.29) is 0 Å². The van der Waals surface area contributed by atoms with Crippen molar-refractivity contribution in [3.63, 3.8) is 0 Å². The first-order chi connectivity index (χ1) is 13.0. The van der Waals surface area contributed by atoms with Gasteiger partial charge in [-0.1, -0.05) is 30.3 Å². The summed E-state index contributed by atoms with van der Waals surface area (Å²) >= 11 is 0. The van der Waals surface area contributed by atoms with E-state index in [2.05, 4.69) is 5.32 Å². The fourth-order valence-electron chi connectivity index (χ4n) is 1.87. The summed E-state index contributed by atoms with van der Waals surface area (Å²) < 4.78 is 9.88. The second-order valence-corrected chi connectivity index (χ2v) is 6.87. The highest BCUT2D eigenvalue weighted by Gasteiger charge is 2.24. The van der Waals surface area contributed by atoms with Gasteiger partial charge in [-0.25, -0.2) is 9.59 Å². The van der Waals surface area contributed by atoms with Crippen molar-refractivity contribution < 1.29 is 34.1 Å². The first-order valence-corrected chi connectivity index (χ1v) is 8.70. The maximum atomic E-state index is 11.8. The smallest absolute Gasteiger partial charge is 0.408 e. The highest BCUT2D eigenvalue weighted by molar-refractivity contribution is 5.81. The Kier molecular flexibility index (Phi) is 11.5. The van der Waals surface area contributed by atoms with E-state index < -0.39 is 42.3 Å². The molecule has 1 aromatic rings. The van der Waals surface area contributed by atoms with E-state index in [1.807, 2.05) is 30.3 Å². The van der Waals surface area contributed by atoms with Crippen LogP contribution in [0.4, 0.5) is 4.79 Å². The molecule has 0 unspecified atom stereocenters. The van der Waals surface area contributed by atoms with E-state index in [9.17, 15) is 14.4 Å². The minimum atomic E-state index is -1.18. The Morgan fingerprint density at radius 2 is 1.75 bits per heavy atom. The van der Waals surface area contributed by atoms with Crippen molar-refractivity contribution in [3.8, 4) is 0 Å². The Labute approximate surface area is 164 Å². The number of amides is 1. The molecule has 9 nitrogen and oxygen atoms in total. The van der Waals surface area contributed by atoms with Crippen LogP contribution in [0.3, 0.4) is 0 Å². The number of alkyl carbamates (subject to hydrolysis) is 1. The maximum absolute atomic E-state index is 11.8. The Morgan fingerprint density at radius 3 is 2.14 bits per heavy atom. The van der Waals surface area contributed by atoms with Crippen molar-refractivity contribution in [3.05, 3.63) is 35.9 Å². The average Bonchev–Trinajstić information content (AvgIpc) is 2.63. The number of carbonyl (C=O) groups is 3. The molecule has 0 fully saturated rings. The number of aliphatic hydroxyl groups excluding tert-OH is 1. The van der Waals surface area contributed by atoms with E-state index in [1.54, 1.807) is 20.8 Å². The predicted octanol–water partition coefficient (Wildman–Crippen LogP) is 1.08. The predicted molar refractivity (Wildman–Crippen MR) is 103 cm³/mol. The number of aryl methyl sites for hydroxylation is 1. The van der Waals surface area contributed by atoms with Crippen molar-refractivity contribution in [1.29, 1.82) is 0 Å². The van der Waals surface area contributed by atoms with E-state index >= 15 is 0 Å². The molecule has 5 N–H and O–H groups in total. The number of rotatable bonds is 7. The molecule has 0 aliphatic carbocycles. The lowest BCUT2D eigenvalue weighted by Gasteiger charge is -2.22. The number of hydrogen-bond donors (Lipinski definition) is 4. The van der Waals surface area contributed by atoms with Crippen LogP contribution in [0.5, 0.6) is 0 Å². The number of aliphatic carboxylic acids is 1. The van der Waals surface area contributed by atoms with Gasteiger partial charge in [-0.3, -0.25) is 4.79 Å². The number of nitrogens with one attached hydrogen (secondary N) is 1. The number of carbonyl (C=O) groups excluding carboxylic acids is 2. The van der Waals surface area contributed by atoms with Crippen molar-refractivity contribution >= 4 is 18.0 Å². The van der Waals surface area contributed by atoms with E-state index in [4.69, 9.17) is 25.4 Å². The van der Waals surface area contributed by atoms with E-state index in [0.717, 1.165) is 5.56 Å². The normalized spacial score (nSPS) is 12.6. The molecule has 158 valence electrons. The molecular weight excluding hydrogens is 368 g/mol. The lowest BCUT2D eigenvalue weighted by atomic mass is 10.1. The second kappa shape index (κ2) is 12.7. The zero-order valence-electron chi connectivity index (χ0n) is 16.7. The molecule has 0 aliphatic heterocycles. The summed E-state index contributed by atoms with van der Waals surface area (Å²) in [6.07, 6.45) is 0.498. The molecule has 0 saturated heterocycles. The van der Waals surface area contributed by atoms with E-state index in [0.29, 0.717) is 12.8 Å². The summed E-state index contributed by atoms with van der Waals surface area (Å²) in [5, 5.41) is 18.5. The molecule has 0 aromatic heterocycles. The van der Waals surface area contributed by atoms with Gasteiger partial charge in [0, 0.05) is 0 Å². The van der Waals surface area contributed by atoms with Crippen LogP contribution in [0.1, 0.15) is 32.8 Å². The SMILES string of the molecule is COC(=O)[C@@H](CCc1ccccc1)NC(=O)OC(C)(C)C.N[C@@H](CO)C(=O)O. The highest BCUT2D eigenvalue weighted by Crippen LogP contribution is 2.09. The Hall–Kier alpha value is -2.65. The average molecular weight is 398 g/mol. The summed E-state index contributed by atoms with van der Waals surface area (Å²) in [5.41, 5.74) is 5.25. The number of ether oxygens (including phenoxy) is 2. The van der Waals surface area contributed by atoms with Gasteiger partial charge in [0.05, 0.1) is 13.7 Å². The molecule has 0 aliphatic rings. The lowest BCUT2D eigenvalue weighted by molar-refractivity contribution is -0.143. The first kappa shape index (κ1) is 25.4. The number of nitrogens with two attached hydrogens (primary N) is 1. The number of benzene rings is 1. The van der Waals surface area contributed by atoms with Crippen molar-refractivity contribution in [1.82, 2.24) is 5.32 Å². The Morgan fingerprint density at radius 1 is 1.18 bits per heavy atom. The molecule has 0 heterocycles. The van der Waals surface area contributed by atoms with Crippen LogP contribution in [0.2, 0.25) is 0 Å². The quantitative estimate of drug-likeness (QED) is 0.499. The number of carboxylic acids is 1. The van der Waals surface area contributed by atoms with Gasteiger partial charge in [0.15, 0.2) is 0 Å². The fourth-order valence-corrected chi connectivity index (χ4v) is 1.87. The molecule has 1 amide bonds. The Bertz CT molecular complexity index is 614. The Balaban J connectivity index is 0.000000887. The third-order valence-electron chi connectivity index (χ3n) is 3.26. The van der Waals surface area contributed by atoms with Crippen LogP contribution in [0, 0.1) is 0 Å². The molecule has 0 bridgehead atoms. The largest absolute Gasteiger partial charge is 0.480 e. The van der Waals surface area contributed by atoms with Crippen molar-refractivity contribution in [2.45, 2.75) is 51.3 Å². The number of aliphatic hydroxyl groups is 1. The van der Waals surface area contributed by atoms with Crippen LogP contribution < -0.4 is 11.1 Å².